The highest BCUT2D eigenvalue weighted by Gasteiger charge is 2.11. The number of amides is 1. The molecule has 1 aromatic heterocycles. The molecular formula is C27H22Cl3N3O2. The molecule has 0 saturated heterocycles. The van der Waals surface area contributed by atoms with Gasteiger partial charge in [0.2, 0.25) is 0 Å². The number of nitrogens with one attached hydrogen (secondary N) is 1. The van der Waals surface area contributed by atoms with Gasteiger partial charge >= 0.3 is 0 Å². The number of ether oxygens (including phenoxy) is 1. The van der Waals surface area contributed by atoms with E-state index in [1.54, 1.807) is 42.6 Å². The maximum absolute atomic E-state index is 12.2. The quantitative estimate of drug-likeness (QED) is 0.201. The molecule has 35 heavy (non-hydrogen) atoms. The molecule has 8 heteroatoms. The smallest absolute Gasteiger partial charge is 0.271 e. The van der Waals surface area contributed by atoms with Crippen molar-refractivity contribution < 1.29 is 9.53 Å². The van der Waals surface area contributed by atoms with E-state index in [4.69, 9.17) is 39.5 Å². The number of hydrazone groups is 1. The van der Waals surface area contributed by atoms with Crippen molar-refractivity contribution in [2.24, 2.45) is 5.10 Å². The molecule has 0 aliphatic carbocycles. The summed E-state index contributed by atoms with van der Waals surface area (Å²) in [6.45, 7) is 4.37. The summed E-state index contributed by atoms with van der Waals surface area (Å²) < 4.78 is 8.00. The fourth-order valence-corrected chi connectivity index (χ4v) is 4.22. The molecule has 5 nitrogen and oxygen atoms in total. The SMILES string of the molecule is Cc1cc(/C=N\NC(=O)c2ccc(Cl)cc2)c(C)n1-c1ccc(OCc2ccc(Cl)cc2Cl)cc1. The van der Waals surface area contributed by atoms with E-state index in [9.17, 15) is 4.79 Å². The summed E-state index contributed by atoms with van der Waals surface area (Å²) in [6.07, 6.45) is 1.64. The van der Waals surface area contributed by atoms with E-state index in [1.807, 2.05) is 50.2 Å². The standard InChI is InChI=1S/C27H22Cl3N3O2/c1-17-13-21(15-31-32-27(34)19-3-6-22(28)7-4-19)18(2)33(17)24-9-11-25(12-10-24)35-16-20-5-8-23(29)14-26(20)30/h3-15H,16H2,1-2H3,(H,32,34)/b31-15-. The molecule has 3 aromatic carbocycles. The van der Waals surface area contributed by atoms with E-state index in [0.717, 1.165) is 34.0 Å². The Morgan fingerprint density at radius 2 is 1.63 bits per heavy atom. The van der Waals surface area contributed by atoms with Crippen molar-refractivity contribution in [1.82, 2.24) is 9.99 Å². The van der Waals surface area contributed by atoms with Crippen LogP contribution in [0.5, 0.6) is 5.75 Å². The molecule has 1 amide bonds. The topological polar surface area (TPSA) is 55.6 Å². The van der Waals surface area contributed by atoms with Crippen LogP contribution in [-0.4, -0.2) is 16.7 Å². The summed E-state index contributed by atoms with van der Waals surface area (Å²) in [4.78, 5) is 12.2. The van der Waals surface area contributed by atoms with E-state index >= 15 is 0 Å². The van der Waals surface area contributed by atoms with Gasteiger partial charge in [0.1, 0.15) is 12.4 Å². The zero-order valence-corrected chi connectivity index (χ0v) is 21.3. The summed E-state index contributed by atoms with van der Waals surface area (Å²) >= 11 is 18.0. The third-order valence-corrected chi connectivity index (χ3v) is 6.29. The highest BCUT2D eigenvalue weighted by Crippen LogP contribution is 2.25. The van der Waals surface area contributed by atoms with Crippen LogP contribution in [0.4, 0.5) is 0 Å². The van der Waals surface area contributed by atoms with E-state index < -0.39 is 0 Å². The highest BCUT2D eigenvalue weighted by molar-refractivity contribution is 6.35. The van der Waals surface area contributed by atoms with Crippen molar-refractivity contribution in [3.05, 3.63) is 116 Å². The second-order valence-electron chi connectivity index (χ2n) is 7.89. The van der Waals surface area contributed by atoms with Gasteiger partial charge in [-0.2, -0.15) is 5.10 Å². The van der Waals surface area contributed by atoms with Gasteiger partial charge < -0.3 is 9.30 Å². The molecule has 4 aromatic rings. The van der Waals surface area contributed by atoms with E-state index in [0.29, 0.717) is 27.2 Å². The van der Waals surface area contributed by atoms with Crippen molar-refractivity contribution in [2.75, 3.05) is 0 Å². The van der Waals surface area contributed by atoms with Gasteiger partial charge in [0.05, 0.1) is 6.21 Å². The molecule has 0 aliphatic rings. The zero-order chi connectivity index (χ0) is 24.9. The Kier molecular flexibility index (Phi) is 7.81. The molecule has 0 fully saturated rings. The van der Waals surface area contributed by atoms with E-state index in [1.165, 1.54) is 0 Å². The molecule has 0 unspecified atom stereocenters. The van der Waals surface area contributed by atoms with Gasteiger partial charge in [0.15, 0.2) is 0 Å². The van der Waals surface area contributed by atoms with E-state index in [2.05, 4.69) is 15.1 Å². The van der Waals surface area contributed by atoms with Crippen molar-refractivity contribution in [3.8, 4) is 11.4 Å². The molecule has 0 bridgehead atoms. The minimum Gasteiger partial charge on any atom is -0.489 e. The van der Waals surface area contributed by atoms with Crippen LogP contribution in [0.2, 0.25) is 15.1 Å². The Bertz CT molecular complexity index is 1380. The zero-order valence-electron chi connectivity index (χ0n) is 19.1. The molecule has 0 spiro atoms. The molecular weight excluding hydrogens is 505 g/mol. The molecule has 0 atom stereocenters. The lowest BCUT2D eigenvalue weighted by atomic mass is 10.2. The average Bonchev–Trinajstić information content (AvgIpc) is 3.12. The lowest BCUT2D eigenvalue weighted by Crippen LogP contribution is -2.17. The fourth-order valence-electron chi connectivity index (χ4n) is 3.63. The lowest BCUT2D eigenvalue weighted by molar-refractivity contribution is 0.0955. The normalized spacial score (nSPS) is 11.1. The van der Waals surface area contributed by atoms with Gasteiger partial charge in [-0.3, -0.25) is 4.79 Å². The molecule has 1 N–H and O–H groups in total. The predicted octanol–water partition coefficient (Wildman–Crippen LogP) is 7.40. The van der Waals surface area contributed by atoms with Crippen molar-refractivity contribution in [1.29, 1.82) is 0 Å². The maximum Gasteiger partial charge on any atom is 0.271 e. The summed E-state index contributed by atoms with van der Waals surface area (Å²) in [5.41, 5.74) is 7.82. The van der Waals surface area contributed by atoms with Gasteiger partial charge in [0.25, 0.3) is 5.91 Å². The Morgan fingerprint density at radius 1 is 0.943 bits per heavy atom. The second-order valence-corrected chi connectivity index (χ2v) is 9.17. The van der Waals surface area contributed by atoms with Crippen LogP contribution in [-0.2, 0) is 6.61 Å². The first kappa shape index (κ1) is 24.9. The third-order valence-electron chi connectivity index (χ3n) is 5.45. The van der Waals surface area contributed by atoms with Crippen LogP contribution < -0.4 is 10.2 Å². The molecule has 1 heterocycles. The molecule has 0 saturated carbocycles. The van der Waals surface area contributed by atoms with Crippen molar-refractivity contribution in [2.45, 2.75) is 20.5 Å². The second kappa shape index (κ2) is 11.0. The van der Waals surface area contributed by atoms with Crippen molar-refractivity contribution in [3.63, 3.8) is 0 Å². The first-order chi connectivity index (χ1) is 16.8. The minimum absolute atomic E-state index is 0.304. The number of halogens is 3. The Labute approximate surface area is 218 Å². The third kappa shape index (κ3) is 6.06. The molecule has 0 aliphatic heterocycles. The molecule has 178 valence electrons. The lowest BCUT2D eigenvalue weighted by Gasteiger charge is -2.12. The fraction of sp³-hybridized carbons (Fsp3) is 0.111. The van der Waals surface area contributed by atoms with Crippen LogP contribution in [0.15, 0.2) is 77.9 Å². The summed E-state index contributed by atoms with van der Waals surface area (Å²) in [5.74, 6) is 0.427. The number of aromatic nitrogens is 1. The molecule has 0 radical (unpaired) electrons. The van der Waals surface area contributed by atoms with Gasteiger partial charge in [-0.1, -0.05) is 40.9 Å². The summed E-state index contributed by atoms with van der Waals surface area (Å²) in [5, 5.41) is 5.86. The summed E-state index contributed by atoms with van der Waals surface area (Å²) in [7, 11) is 0. The first-order valence-electron chi connectivity index (χ1n) is 10.8. The maximum atomic E-state index is 12.2. The van der Waals surface area contributed by atoms with Crippen LogP contribution in [0.3, 0.4) is 0 Å². The van der Waals surface area contributed by atoms with Gasteiger partial charge in [-0.25, -0.2) is 5.43 Å². The highest BCUT2D eigenvalue weighted by atomic mass is 35.5. The van der Waals surface area contributed by atoms with Crippen molar-refractivity contribution >= 4 is 46.9 Å². The van der Waals surface area contributed by atoms with Gasteiger partial charge in [-0.15, -0.1) is 0 Å². The number of rotatable bonds is 7. The number of carbonyl (C=O) groups excluding carboxylic acids is 1. The van der Waals surface area contributed by atoms with Crippen LogP contribution in [0, 0.1) is 13.8 Å². The predicted molar refractivity (Wildman–Crippen MR) is 143 cm³/mol. The van der Waals surface area contributed by atoms with Crippen LogP contribution in [0.25, 0.3) is 5.69 Å². The monoisotopic (exact) mass is 525 g/mol. The number of aryl methyl sites for hydroxylation is 1. The number of carbonyl (C=O) groups is 1. The first-order valence-corrected chi connectivity index (χ1v) is 11.9. The Morgan fingerprint density at radius 3 is 2.31 bits per heavy atom. The number of nitrogens with zero attached hydrogens (tertiary/aromatic N) is 2. The Balaban J connectivity index is 1.42. The average molecular weight is 527 g/mol. The number of benzene rings is 3. The van der Waals surface area contributed by atoms with E-state index in [-0.39, 0.29) is 5.91 Å². The Hall–Kier alpha value is -3.25. The molecule has 4 rings (SSSR count). The minimum atomic E-state index is -0.304. The number of hydrogen-bond acceptors (Lipinski definition) is 3. The summed E-state index contributed by atoms with van der Waals surface area (Å²) in [6, 6.07) is 21.8. The van der Waals surface area contributed by atoms with Gasteiger partial charge in [0, 0.05) is 48.8 Å². The largest absolute Gasteiger partial charge is 0.489 e. The van der Waals surface area contributed by atoms with Crippen LogP contribution in [0.1, 0.15) is 32.9 Å². The van der Waals surface area contributed by atoms with Gasteiger partial charge in [-0.05, 0) is 80.6 Å². The van der Waals surface area contributed by atoms with Crippen LogP contribution >= 0.6 is 34.8 Å². The number of hydrogen-bond donors (Lipinski definition) is 1.